The number of hydrogen-bond donors (Lipinski definition) is 1. The number of piperazine rings is 1. The fourth-order valence-corrected chi connectivity index (χ4v) is 1.60. The maximum Gasteiger partial charge on any atom is 0.251 e. The molecule has 4 nitrogen and oxygen atoms in total. The number of carbonyl (C=O) groups is 1. The number of rotatable bonds is 1. The van der Waals surface area contributed by atoms with Crippen LogP contribution in [0.4, 0.5) is 0 Å². The molecule has 0 aliphatic carbocycles. The molecule has 1 heterocycles. The molecule has 0 aromatic rings. The van der Waals surface area contributed by atoms with Gasteiger partial charge in [-0.05, 0) is 6.92 Å². The molecular weight excluding hydrogens is 271 g/mol. The molecule has 0 unspecified atom stereocenters. The summed E-state index contributed by atoms with van der Waals surface area (Å²) in [4.78, 5) is 13.0. The van der Waals surface area contributed by atoms with E-state index in [-0.39, 0.29) is 5.91 Å². The van der Waals surface area contributed by atoms with E-state index in [1.165, 1.54) is 6.92 Å². The Kier molecular flexibility index (Phi) is 3.73. The molecule has 1 atom stereocenters. The van der Waals surface area contributed by atoms with Crippen molar-refractivity contribution in [3.8, 4) is 0 Å². The maximum absolute atomic E-state index is 11.3. The Morgan fingerprint density at radius 2 is 1.92 bits per heavy atom. The molecule has 12 heavy (non-hydrogen) atoms. The van der Waals surface area contributed by atoms with Gasteiger partial charge in [0.05, 0.1) is 0 Å². The van der Waals surface area contributed by atoms with Crippen LogP contribution in [-0.4, -0.2) is 51.3 Å². The SMILES string of the molecule is C[C@@H](O)C(=O)N1CCN(I)CC1. The van der Waals surface area contributed by atoms with Gasteiger partial charge in [0.15, 0.2) is 0 Å². The molecule has 0 spiro atoms. The Bertz CT molecular complexity index is 167. The van der Waals surface area contributed by atoms with Gasteiger partial charge in [-0.3, -0.25) is 4.79 Å². The lowest BCUT2D eigenvalue weighted by Crippen LogP contribution is -2.48. The molecular formula is C7H13IN2O2. The number of hydrogen-bond acceptors (Lipinski definition) is 3. The van der Waals surface area contributed by atoms with Gasteiger partial charge in [0.2, 0.25) is 0 Å². The molecule has 1 amide bonds. The maximum atomic E-state index is 11.3. The lowest BCUT2D eigenvalue weighted by atomic mass is 10.3. The van der Waals surface area contributed by atoms with Crippen LogP contribution < -0.4 is 0 Å². The summed E-state index contributed by atoms with van der Waals surface area (Å²) in [5.74, 6) is -0.153. The zero-order valence-electron chi connectivity index (χ0n) is 7.03. The summed E-state index contributed by atoms with van der Waals surface area (Å²) in [6.45, 7) is 4.75. The lowest BCUT2D eigenvalue weighted by Gasteiger charge is -2.31. The van der Waals surface area contributed by atoms with E-state index in [2.05, 4.69) is 26.0 Å². The zero-order valence-corrected chi connectivity index (χ0v) is 9.19. The first-order valence-corrected chi connectivity index (χ1v) is 4.95. The molecule has 0 bridgehead atoms. The summed E-state index contributed by atoms with van der Waals surface area (Å²) in [6.07, 6.45) is -0.856. The third-order valence-corrected chi connectivity index (χ3v) is 2.86. The number of aliphatic hydroxyl groups excluding tert-OH is 1. The Labute approximate surface area is 86.0 Å². The smallest absolute Gasteiger partial charge is 0.251 e. The number of nitrogens with zero attached hydrogens (tertiary/aromatic N) is 2. The average molecular weight is 284 g/mol. The van der Waals surface area contributed by atoms with Gasteiger partial charge in [0.25, 0.3) is 5.91 Å². The van der Waals surface area contributed by atoms with E-state index in [0.717, 1.165) is 26.2 Å². The van der Waals surface area contributed by atoms with Crippen molar-refractivity contribution in [2.75, 3.05) is 26.2 Å². The van der Waals surface area contributed by atoms with Crippen LogP contribution in [0.25, 0.3) is 0 Å². The van der Waals surface area contributed by atoms with Crippen molar-refractivity contribution in [2.45, 2.75) is 13.0 Å². The summed E-state index contributed by atoms with van der Waals surface area (Å²) >= 11 is 2.24. The van der Waals surface area contributed by atoms with Crippen LogP contribution >= 0.6 is 22.9 Å². The highest BCUT2D eigenvalue weighted by Crippen LogP contribution is 2.07. The van der Waals surface area contributed by atoms with Crippen molar-refractivity contribution in [1.29, 1.82) is 0 Å². The molecule has 70 valence electrons. The fourth-order valence-electron chi connectivity index (χ4n) is 1.17. The molecule has 1 saturated heterocycles. The minimum atomic E-state index is -0.856. The zero-order chi connectivity index (χ0) is 9.14. The first-order chi connectivity index (χ1) is 5.61. The van der Waals surface area contributed by atoms with Crippen molar-refractivity contribution in [2.24, 2.45) is 0 Å². The summed E-state index contributed by atoms with van der Waals surface area (Å²) in [5, 5.41) is 9.03. The molecule has 1 rings (SSSR count). The van der Waals surface area contributed by atoms with E-state index < -0.39 is 6.10 Å². The van der Waals surface area contributed by atoms with E-state index in [1.807, 2.05) is 0 Å². The van der Waals surface area contributed by atoms with E-state index in [4.69, 9.17) is 5.11 Å². The van der Waals surface area contributed by atoms with Crippen molar-refractivity contribution in [3.05, 3.63) is 0 Å². The van der Waals surface area contributed by atoms with Crippen molar-refractivity contribution < 1.29 is 9.90 Å². The van der Waals surface area contributed by atoms with Gasteiger partial charge in [0, 0.05) is 49.0 Å². The molecule has 0 radical (unpaired) electrons. The lowest BCUT2D eigenvalue weighted by molar-refractivity contribution is -0.140. The highest BCUT2D eigenvalue weighted by Gasteiger charge is 2.22. The topological polar surface area (TPSA) is 43.8 Å². The predicted octanol–water partition coefficient (Wildman–Crippen LogP) is -0.139. The van der Waals surface area contributed by atoms with E-state index in [1.54, 1.807) is 4.90 Å². The summed E-state index contributed by atoms with van der Waals surface area (Å²) in [5.41, 5.74) is 0. The van der Waals surface area contributed by atoms with E-state index in [0.29, 0.717) is 0 Å². The van der Waals surface area contributed by atoms with Crippen LogP contribution in [0.2, 0.25) is 0 Å². The van der Waals surface area contributed by atoms with Gasteiger partial charge in [-0.15, -0.1) is 0 Å². The minimum absolute atomic E-state index is 0.153. The second kappa shape index (κ2) is 4.38. The summed E-state index contributed by atoms with van der Waals surface area (Å²) < 4.78 is 2.14. The van der Waals surface area contributed by atoms with Gasteiger partial charge >= 0.3 is 0 Å². The Balaban J connectivity index is 2.39. The summed E-state index contributed by atoms with van der Waals surface area (Å²) in [6, 6.07) is 0. The van der Waals surface area contributed by atoms with Crippen LogP contribution in [-0.2, 0) is 4.79 Å². The highest BCUT2D eigenvalue weighted by molar-refractivity contribution is 14.1. The average Bonchev–Trinajstić information content (AvgIpc) is 2.04. The molecule has 1 fully saturated rings. The van der Waals surface area contributed by atoms with Crippen LogP contribution in [0.3, 0.4) is 0 Å². The second-order valence-electron chi connectivity index (χ2n) is 2.91. The van der Waals surface area contributed by atoms with Crippen LogP contribution in [0.15, 0.2) is 0 Å². The van der Waals surface area contributed by atoms with Gasteiger partial charge in [-0.25, -0.2) is 3.11 Å². The number of aliphatic hydroxyl groups is 1. The Morgan fingerprint density at radius 1 is 1.42 bits per heavy atom. The quantitative estimate of drug-likeness (QED) is 0.538. The van der Waals surface area contributed by atoms with E-state index >= 15 is 0 Å². The van der Waals surface area contributed by atoms with Gasteiger partial charge in [-0.1, -0.05) is 0 Å². The highest BCUT2D eigenvalue weighted by atomic mass is 127. The Morgan fingerprint density at radius 3 is 2.33 bits per heavy atom. The van der Waals surface area contributed by atoms with Crippen molar-refractivity contribution in [3.63, 3.8) is 0 Å². The standard InChI is InChI=1S/C7H13IN2O2/c1-6(11)7(12)9-2-4-10(8)5-3-9/h6,11H,2-5H2,1H3/t6-/m1/s1. The van der Waals surface area contributed by atoms with Crippen LogP contribution in [0.1, 0.15) is 6.92 Å². The first kappa shape index (κ1) is 10.2. The second-order valence-corrected chi connectivity index (χ2v) is 4.28. The molecule has 1 aliphatic rings. The number of amides is 1. The third kappa shape index (κ3) is 2.56. The number of halogens is 1. The normalized spacial score (nSPS) is 22.4. The first-order valence-electron chi connectivity index (χ1n) is 3.99. The summed E-state index contributed by atoms with van der Waals surface area (Å²) in [7, 11) is 0. The fraction of sp³-hybridized carbons (Fsp3) is 0.857. The predicted molar refractivity (Wildman–Crippen MR) is 53.9 cm³/mol. The monoisotopic (exact) mass is 284 g/mol. The molecule has 0 aromatic carbocycles. The molecule has 5 heteroatoms. The largest absolute Gasteiger partial charge is 0.384 e. The van der Waals surface area contributed by atoms with Crippen LogP contribution in [0.5, 0.6) is 0 Å². The molecule has 1 N–H and O–H groups in total. The molecule has 0 saturated carbocycles. The third-order valence-electron chi connectivity index (χ3n) is 1.89. The minimum Gasteiger partial charge on any atom is -0.384 e. The molecule has 0 aromatic heterocycles. The van der Waals surface area contributed by atoms with E-state index in [9.17, 15) is 4.79 Å². The van der Waals surface area contributed by atoms with Gasteiger partial charge in [0.1, 0.15) is 6.10 Å². The van der Waals surface area contributed by atoms with Gasteiger partial charge in [-0.2, -0.15) is 0 Å². The number of carbonyl (C=O) groups excluding carboxylic acids is 1. The van der Waals surface area contributed by atoms with Crippen LogP contribution in [0, 0.1) is 0 Å². The molecule has 1 aliphatic heterocycles. The Hall–Kier alpha value is 0.120. The van der Waals surface area contributed by atoms with Crippen molar-refractivity contribution >= 4 is 28.8 Å². The van der Waals surface area contributed by atoms with Gasteiger partial charge < -0.3 is 10.0 Å². The van der Waals surface area contributed by atoms with Crippen molar-refractivity contribution in [1.82, 2.24) is 8.01 Å².